The van der Waals surface area contributed by atoms with Gasteiger partial charge < -0.3 is 5.21 Å². The first-order valence-electron chi connectivity index (χ1n) is 7.30. The third kappa shape index (κ3) is 2.35. The molecule has 3 rings (SSSR count). The molecule has 2 atom stereocenters. The molecule has 96 valence electrons. The lowest BCUT2D eigenvalue weighted by atomic mass is 9.81. The highest BCUT2D eigenvalue weighted by Gasteiger charge is 2.39. The molecule has 3 fully saturated rings. The second kappa shape index (κ2) is 4.97. The average Bonchev–Trinajstić information content (AvgIpc) is 2.82. The monoisotopic (exact) mass is 236 g/mol. The number of hydrogen-bond acceptors (Lipinski definition) is 3. The molecule has 0 spiro atoms. The zero-order valence-electron chi connectivity index (χ0n) is 10.6. The van der Waals surface area contributed by atoms with E-state index >= 15 is 0 Å². The molecule has 3 aliphatic rings. The van der Waals surface area contributed by atoms with Crippen molar-refractivity contribution in [2.45, 2.75) is 57.4 Å². The second-order valence-electron chi connectivity index (χ2n) is 6.17. The third-order valence-electron chi connectivity index (χ3n) is 5.14. The Morgan fingerprint density at radius 1 is 1.00 bits per heavy atom. The average molecular weight is 236 g/mol. The van der Waals surface area contributed by atoms with E-state index in [4.69, 9.17) is 5.21 Å². The van der Waals surface area contributed by atoms with E-state index in [1.165, 1.54) is 51.6 Å². The lowest BCUT2D eigenvalue weighted by molar-refractivity contribution is 0.182. The Morgan fingerprint density at radius 2 is 1.76 bits per heavy atom. The Kier molecular flexibility index (Phi) is 3.37. The van der Waals surface area contributed by atoms with Crippen LogP contribution in [0.1, 0.15) is 51.4 Å². The minimum absolute atomic E-state index is 0.775. The molecule has 0 radical (unpaired) electrons. The van der Waals surface area contributed by atoms with Crippen LogP contribution in [0.4, 0.5) is 0 Å². The van der Waals surface area contributed by atoms with Crippen molar-refractivity contribution < 1.29 is 5.21 Å². The molecular formula is C14H24N2O. The normalized spacial score (nSPS) is 38.5. The summed E-state index contributed by atoms with van der Waals surface area (Å²) < 4.78 is 0. The van der Waals surface area contributed by atoms with Gasteiger partial charge in [0, 0.05) is 19.1 Å². The van der Waals surface area contributed by atoms with Crippen LogP contribution in [0.15, 0.2) is 5.16 Å². The number of rotatable bonds is 1. The fourth-order valence-electron chi connectivity index (χ4n) is 4.13. The summed E-state index contributed by atoms with van der Waals surface area (Å²) in [4.78, 5) is 2.74. The molecule has 0 aromatic heterocycles. The molecule has 0 aromatic carbocycles. The van der Waals surface area contributed by atoms with Gasteiger partial charge in [0.2, 0.25) is 0 Å². The maximum Gasteiger partial charge on any atom is 0.0574 e. The lowest BCUT2D eigenvalue weighted by Crippen LogP contribution is -2.35. The van der Waals surface area contributed by atoms with Crippen LogP contribution >= 0.6 is 0 Å². The molecule has 1 aliphatic heterocycles. The zero-order chi connectivity index (χ0) is 11.7. The van der Waals surface area contributed by atoms with Gasteiger partial charge in [-0.25, -0.2) is 0 Å². The zero-order valence-corrected chi connectivity index (χ0v) is 10.6. The summed E-state index contributed by atoms with van der Waals surface area (Å²) in [5.41, 5.74) is 1.04. The summed E-state index contributed by atoms with van der Waals surface area (Å²) in [6.07, 6.45) is 10.5. The van der Waals surface area contributed by atoms with Crippen molar-refractivity contribution in [3.05, 3.63) is 0 Å². The molecule has 17 heavy (non-hydrogen) atoms. The highest BCUT2D eigenvalue weighted by atomic mass is 16.4. The van der Waals surface area contributed by atoms with E-state index in [0.29, 0.717) is 0 Å². The molecule has 2 aliphatic carbocycles. The summed E-state index contributed by atoms with van der Waals surface area (Å²) in [5, 5.41) is 12.3. The van der Waals surface area contributed by atoms with Gasteiger partial charge in [-0.2, -0.15) is 0 Å². The fraction of sp³-hybridized carbons (Fsp3) is 0.929. The molecule has 0 amide bonds. The van der Waals surface area contributed by atoms with Crippen molar-refractivity contribution in [2.24, 2.45) is 17.0 Å². The van der Waals surface area contributed by atoms with Crippen molar-refractivity contribution in [3.8, 4) is 0 Å². The first-order chi connectivity index (χ1) is 8.36. The Balaban J connectivity index is 1.60. The molecular weight excluding hydrogens is 212 g/mol. The van der Waals surface area contributed by atoms with Crippen molar-refractivity contribution in [1.29, 1.82) is 0 Å². The summed E-state index contributed by atoms with van der Waals surface area (Å²) in [6.45, 7) is 2.57. The van der Waals surface area contributed by atoms with E-state index in [9.17, 15) is 0 Å². The molecule has 3 nitrogen and oxygen atoms in total. The van der Waals surface area contributed by atoms with Crippen LogP contribution in [0.5, 0.6) is 0 Å². The molecule has 0 bridgehead atoms. The van der Waals surface area contributed by atoms with E-state index in [2.05, 4.69) is 10.1 Å². The van der Waals surface area contributed by atoms with E-state index in [1.807, 2.05) is 0 Å². The largest absolute Gasteiger partial charge is 0.411 e. The summed E-state index contributed by atoms with van der Waals surface area (Å²) in [5.74, 6) is 1.65. The number of oxime groups is 1. The van der Waals surface area contributed by atoms with Crippen LogP contribution in [0.3, 0.4) is 0 Å². The summed E-state index contributed by atoms with van der Waals surface area (Å²) in [6, 6.07) is 0.865. The predicted octanol–water partition coefficient (Wildman–Crippen LogP) is 2.88. The first kappa shape index (κ1) is 11.5. The van der Waals surface area contributed by atoms with Crippen molar-refractivity contribution in [1.82, 2.24) is 4.90 Å². The number of nitrogens with zero attached hydrogens (tertiary/aromatic N) is 2. The van der Waals surface area contributed by atoms with Gasteiger partial charge in [-0.3, -0.25) is 4.90 Å². The molecule has 0 aromatic rings. The van der Waals surface area contributed by atoms with Crippen molar-refractivity contribution >= 4 is 5.71 Å². The van der Waals surface area contributed by atoms with Gasteiger partial charge in [0.15, 0.2) is 0 Å². The smallest absolute Gasteiger partial charge is 0.0574 e. The quantitative estimate of drug-likeness (QED) is 0.561. The Morgan fingerprint density at radius 3 is 2.53 bits per heavy atom. The van der Waals surface area contributed by atoms with Gasteiger partial charge in [-0.1, -0.05) is 24.4 Å². The first-order valence-corrected chi connectivity index (χ1v) is 7.30. The van der Waals surface area contributed by atoms with Crippen LogP contribution in [0.25, 0.3) is 0 Å². The Hall–Kier alpha value is -0.570. The van der Waals surface area contributed by atoms with Gasteiger partial charge in [-0.15, -0.1) is 0 Å². The van der Waals surface area contributed by atoms with E-state index in [0.717, 1.165) is 36.4 Å². The van der Waals surface area contributed by atoms with Crippen LogP contribution in [0, 0.1) is 11.8 Å². The van der Waals surface area contributed by atoms with Gasteiger partial charge in [0.05, 0.1) is 5.71 Å². The number of hydrogen-bond donors (Lipinski definition) is 1. The highest BCUT2D eigenvalue weighted by Crippen LogP contribution is 2.37. The minimum Gasteiger partial charge on any atom is -0.411 e. The van der Waals surface area contributed by atoms with Crippen LogP contribution in [-0.4, -0.2) is 35.0 Å². The summed E-state index contributed by atoms with van der Waals surface area (Å²) in [7, 11) is 0. The topological polar surface area (TPSA) is 35.8 Å². The van der Waals surface area contributed by atoms with Gasteiger partial charge in [0.1, 0.15) is 0 Å². The lowest BCUT2D eigenvalue weighted by Gasteiger charge is -2.31. The molecule has 1 N–H and O–H groups in total. The molecule has 1 saturated heterocycles. The maximum atomic E-state index is 8.90. The fourth-order valence-corrected chi connectivity index (χ4v) is 4.13. The van der Waals surface area contributed by atoms with E-state index in [-0.39, 0.29) is 0 Å². The molecule has 1 heterocycles. The van der Waals surface area contributed by atoms with Crippen LogP contribution < -0.4 is 0 Å². The highest BCUT2D eigenvalue weighted by molar-refractivity contribution is 5.84. The Labute approximate surface area is 104 Å². The van der Waals surface area contributed by atoms with E-state index in [1.54, 1.807) is 0 Å². The van der Waals surface area contributed by atoms with Crippen molar-refractivity contribution in [3.63, 3.8) is 0 Å². The van der Waals surface area contributed by atoms with Gasteiger partial charge in [-0.05, 0) is 43.9 Å². The maximum absolute atomic E-state index is 8.90. The molecule has 3 heteroatoms. The van der Waals surface area contributed by atoms with Gasteiger partial charge in [0.25, 0.3) is 0 Å². The number of fused-ring (bicyclic) bond motifs is 1. The van der Waals surface area contributed by atoms with E-state index < -0.39 is 0 Å². The predicted molar refractivity (Wildman–Crippen MR) is 68.5 cm³/mol. The standard InChI is InChI=1S/C14H24N2O/c17-15-13-7-6-11-9-16(10-12(11)8-13)14-4-2-1-3-5-14/h11-12,14,17H,1-10H2/b15-13-/t11-,12+/m1/s1. The Bertz CT molecular complexity index is 297. The van der Waals surface area contributed by atoms with Crippen LogP contribution in [0.2, 0.25) is 0 Å². The van der Waals surface area contributed by atoms with Gasteiger partial charge >= 0.3 is 0 Å². The minimum atomic E-state index is 0.775. The number of likely N-dealkylation sites (tertiary alicyclic amines) is 1. The summed E-state index contributed by atoms with van der Waals surface area (Å²) >= 11 is 0. The SMILES string of the molecule is O/N=C1/CC[C@@H]2CN(C3CCCCC3)C[C@@H]2C1. The molecule has 2 saturated carbocycles. The third-order valence-corrected chi connectivity index (χ3v) is 5.14. The van der Waals surface area contributed by atoms with Crippen LogP contribution in [-0.2, 0) is 0 Å². The second-order valence-corrected chi connectivity index (χ2v) is 6.17. The molecule has 0 unspecified atom stereocenters. The van der Waals surface area contributed by atoms with Crippen molar-refractivity contribution in [2.75, 3.05) is 13.1 Å².